The van der Waals surface area contributed by atoms with Crippen LogP contribution in [-0.4, -0.2) is 5.11 Å². The van der Waals surface area contributed by atoms with Crippen LogP contribution < -0.4 is 0 Å². The minimum absolute atomic E-state index is 0.329. The molecule has 12 heavy (non-hydrogen) atoms. The molecule has 0 bridgehead atoms. The normalized spacial score (nSPS) is 9.25. The summed E-state index contributed by atoms with van der Waals surface area (Å²) in [4.78, 5) is 0. The Balaban J connectivity index is 0.000000261. The van der Waals surface area contributed by atoms with E-state index in [2.05, 4.69) is 0 Å². The van der Waals surface area contributed by atoms with E-state index in [1.807, 2.05) is 45.1 Å². The molecule has 0 spiro atoms. The average Bonchev–Trinajstić information content (AvgIpc) is 2.11. The van der Waals surface area contributed by atoms with Crippen LogP contribution in [0, 0.1) is 6.92 Å². The Kier molecular flexibility index (Phi) is 5.80. The Morgan fingerprint density at radius 1 is 1.00 bits per heavy atom. The number of rotatable bonds is 0. The monoisotopic (exact) mass is 164 g/mol. The topological polar surface area (TPSA) is 20.2 Å². The quantitative estimate of drug-likeness (QED) is 0.583. The van der Waals surface area contributed by atoms with Gasteiger partial charge < -0.3 is 5.11 Å². The van der Waals surface area contributed by atoms with Gasteiger partial charge in [0.2, 0.25) is 0 Å². The summed E-state index contributed by atoms with van der Waals surface area (Å²) in [5.74, 6) is 0.329. The number of phenolic OH excluding ortho intramolecular Hbond substituents is 1. The summed E-state index contributed by atoms with van der Waals surface area (Å²) in [5, 5.41) is 8.76. The Hall–Kier alpha value is -1.24. The van der Waals surface area contributed by atoms with Crippen LogP contribution in [-0.2, 0) is 0 Å². The van der Waals surface area contributed by atoms with Crippen molar-refractivity contribution in [3.8, 4) is 5.75 Å². The van der Waals surface area contributed by atoms with Crippen molar-refractivity contribution in [2.45, 2.75) is 20.8 Å². The number of benzene rings is 1. The zero-order valence-electron chi connectivity index (χ0n) is 7.91. The minimum atomic E-state index is 0.329. The lowest BCUT2D eigenvalue weighted by Crippen LogP contribution is -1.66. The summed E-state index contributed by atoms with van der Waals surface area (Å²) in [6.45, 7) is 5.99. The highest BCUT2D eigenvalue weighted by molar-refractivity contribution is 5.24. The van der Waals surface area contributed by atoms with Gasteiger partial charge in [0.15, 0.2) is 0 Å². The molecule has 0 aromatic heterocycles. The predicted octanol–water partition coefficient (Wildman–Crippen LogP) is 3.28. The van der Waals surface area contributed by atoms with Crippen LogP contribution in [0.15, 0.2) is 36.4 Å². The molecule has 1 aromatic carbocycles. The molecule has 0 saturated carbocycles. The van der Waals surface area contributed by atoms with E-state index in [0.717, 1.165) is 0 Å². The molecule has 0 fully saturated rings. The van der Waals surface area contributed by atoms with Crippen LogP contribution in [0.1, 0.15) is 19.4 Å². The third-order valence-corrected chi connectivity index (χ3v) is 1.37. The van der Waals surface area contributed by atoms with Gasteiger partial charge >= 0.3 is 0 Å². The summed E-state index contributed by atoms with van der Waals surface area (Å²) in [7, 11) is 0. The summed E-state index contributed by atoms with van der Waals surface area (Å²) < 4.78 is 0. The molecule has 0 radical (unpaired) electrons. The molecule has 0 saturated heterocycles. The average molecular weight is 164 g/mol. The second-order valence-electron chi connectivity index (χ2n) is 2.50. The van der Waals surface area contributed by atoms with Gasteiger partial charge in [-0.15, -0.1) is 0 Å². The van der Waals surface area contributed by atoms with Crippen molar-refractivity contribution in [2.75, 3.05) is 0 Å². The smallest absolute Gasteiger partial charge is 0.115 e. The van der Waals surface area contributed by atoms with Crippen molar-refractivity contribution >= 4 is 0 Å². The lowest BCUT2D eigenvalue weighted by molar-refractivity contribution is 0.475. The number of phenols is 1. The Morgan fingerprint density at radius 3 is 1.67 bits per heavy atom. The molecule has 0 amide bonds. The first-order valence-electron chi connectivity index (χ1n) is 4.03. The van der Waals surface area contributed by atoms with Crippen LogP contribution in [0.5, 0.6) is 5.75 Å². The molecule has 0 aliphatic rings. The van der Waals surface area contributed by atoms with Gasteiger partial charge in [-0.2, -0.15) is 0 Å². The van der Waals surface area contributed by atoms with E-state index in [0.29, 0.717) is 5.75 Å². The maximum atomic E-state index is 8.76. The van der Waals surface area contributed by atoms with E-state index in [1.165, 1.54) is 5.56 Å². The highest BCUT2D eigenvalue weighted by Crippen LogP contribution is 2.07. The van der Waals surface area contributed by atoms with E-state index >= 15 is 0 Å². The van der Waals surface area contributed by atoms with Crippen LogP contribution in [0.25, 0.3) is 0 Å². The van der Waals surface area contributed by atoms with E-state index < -0.39 is 0 Å². The van der Waals surface area contributed by atoms with Gasteiger partial charge in [0.05, 0.1) is 0 Å². The molecule has 0 atom stereocenters. The Labute approximate surface area is 74.4 Å². The van der Waals surface area contributed by atoms with E-state index in [-0.39, 0.29) is 0 Å². The molecule has 1 aromatic rings. The number of aryl methyl sites for hydroxylation is 1. The molecule has 0 aliphatic carbocycles. The van der Waals surface area contributed by atoms with Crippen molar-refractivity contribution in [1.29, 1.82) is 0 Å². The molecule has 66 valence electrons. The third kappa shape index (κ3) is 5.54. The fraction of sp³-hybridized carbons (Fsp3) is 0.273. The zero-order chi connectivity index (χ0) is 9.40. The summed E-state index contributed by atoms with van der Waals surface area (Å²) >= 11 is 0. The SMILES string of the molecule is C/C=C/C.Cc1ccc(O)cc1. The summed E-state index contributed by atoms with van der Waals surface area (Å²) in [6.07, 6.45) is 4.00. The van der Waals surface area contributed by atoms with E-state index in [1.54, 1.807) is 12.1 Å². The standard InChI is InChI=1S/C7H8O.C4H8/c1-6-2-4-7(8)5-3-6;1-3-4-2/h2-5,8H,1H3;3-4H,1-2H3/b;4-3+. The lowest BCUT2D eigenvalue weighted by atomic mass is 10.2. The van der Waals surface area contributed by atoms with Crippen molar-refractivity contribution in [2.24, 2.45) is 0 Å². The second-order valence-corrected chi connectivity index (χ2v) is 2.50. The van der Waals surface area contributed by atoms with Gasteiger partial charge in [-0.05, 0) is 32.9 Å². The molecule has 1 N–H and O–H groups in total. The van der Waals surface area contributed by atoms with Gasteiger partial charge in [-0.3, -0.25) is 0 Å². The number of hydrogen-bond acceptors (Lipinski definition) is 1. The van der Waals surface area contributed by atoms with Crippen LogP contribution in [0.3, 0.4) is 0 Å². The minimum Gasteiger partial charge on any atom is -0.508 e. The number of allylic oxidation sites excluding steroid dienone is 2. The highest BCUT2D eigenvalue weighted by Gasteiger charge is 1.82. The molecule has 1 rings (SSSR count). The van der Waals surface area contributed by atoms with E-state index in [4.69, 9.17) is 5.11 Å². The fourth-order valence-corrected chi connectivity index (χ4v) is 0.545. The molecule has 0 heterocycles. The van der Waals surface area contributed by atoms with Gasteiger partial charge in [-0.25, -0.2) is 0 Å². The van der Waals surface area contributed by atoms with Gasteiger partial charge in [0.1, 0.15) is 5.75 Å². The zero-order valence-corrected chi connectivity index (χ0v) is 7.91. The molecule has 1 heteroatoms. The number of aromatic hydroxyl groups is 1. The molecule has 0 unspecified atom stereocenters. The first-order chi connectivity index (χ1) is 5.70. The lowest BCUT2D eigenvalue weighted by Gasteiger charge is -1.89. The fourth-order valence-electron chi connectivity index (χ4n) is 0.545. The molecular weight excluding hydrogens is 148 g/mol. The van der Waals surface area contributed by atoms with E-state index in [9.17, 15) is 0 Å². The first-order valence-corrected chi connectivity index (χ1v) is 4.03. The summed E-state index contributed by atoms with van der Waals surface area (Å²) in [5.41, 5.74) is 1.17. The van der Waals surface area contributed by atoms with Crippen LogP contribution in [0.4, 0.5) is 0 Å². The van der Waals surface area contributed by atoms with Crippen LogP contribution in [0.2, 0.25) is 0 Å². The largest absolute Gasteiger partial charge is 0.508 e. The predicted molar refractivity (Wildman–Crippen MR) is 53.3 cm³/mol. The van der Waals surface area contributed by atoms with Crippen molar-refractivity contribution in [3.05, 3.63) is 42.0 Å². The molecule has 0 aliphatic heterocycles. The molecular formula is C11H16O. The Bertz CT molecular complexity index is 196. The summed E-state index contributed by atoms with van der Waals surface area (Å²) in [6, 6.07) is 7.09. The Morgan fingerprint density at radius 2 is 1.42 bits per heavy atom. The van der Waals surface area contributed by atoms with Gasteiger partial charge in [0, 0.05) is 0 Å². The van der Waals surface area contributed by atoms with Gasteiger partial charge in [-0.1, -0.05) is 29.8 Å². The van der Waals surface area contributed by atoms with Crippen molar-refractivity contribution in [3.63, 3.8) is 0 Å². The maximum Gasteiger partial charge on any atom is 0.115 e. The van der Waals surface area contributed by atoms with Gasteiger partial charge in [0.25, 0.3) is 0 Å². The van der Waals surface area contributed by atoms with Crippen molar-refractivity contribution < 1.29 is 5.11 Å². The third-order valence-electron chi connectivity index (χ3n) is 1.37. The second kappa shape index (κ2) is 6.47. The number of hydrogen-bond donors (Lipinski definition) is 1. The maximum absolute atomic E-state index is 8.76. The molecule has 1 nitrogen and oxygen atoms in total. The first kappa shape index (κ1) is 10.8. The van der Waals surface area contributed by atoms with Crippen molar-refractivity contribution in [1.82, 2.24) is 0 Å². The van der Waals surface area contributed by atoms with Crippen LogP contribution >= 0.6 is 0 Å². The highest BCUT2D eigenvalue weighted by atomic mass is 16.3.